The van der Waals surface area contributed by atoms with Crippen LogP contribution >= 0.6 is 0 Å². The first-order chi connectivity index (χ1) is 10.7. The van der Waals surface area contributed by atoms with E-state index in [1.54, 1.807) is 17.1 Å². The van der Waals surface area contributed by atoms with E-state index in [1.165, 1.54) is 0 Å². The number of nitrogens with zero attached hydrogens (tertiary/aromatic N) is 3. The molecule has 22 heavy (non-hydrogen) atoms. The van der Waals surface area contributed by atoms with Gasteiger partial charge in [-0.3, -0.25) is 9.48 Å². The number of carbonyl (C=O) groups is 1. The molecule has 3 rings (SSSR count). The second-order valence-electron chi connectivity index (χ2n) is 4.99. The summed E-state index contributed by atoms with van der Waals surface area (Å²) in [5.74, 6) is -0.205. The van der Waals surface area contributed by atoms with Crippen molar-refractivity contribution in [3.63, 3.8) is 0 Å². The smallest absolute Gasteiger partial charge is 0.261 e. The van der Waals surface area contributed by atoms with E-state index < -0.39 is 0 Å². The molecule has 0 spiro atoms. The lowest BCUT2D eigenvalue weighted by molar-refractivity contribution is -0.121. The Morgan fingerprint density at radius 1 is 1.23 bits per heavy atom. The van der Waals surface area contributed by atoms with Crippen molar-refractivity contribution < 1.29 is 4.79 Å². The molecule has 1 aromatic heterocycles. The van der Waals surface area contributed by atoms with E-state index in [1.807, 2.05) is 55.5 Å². The second kappa shape index (κ2) is 6.22. The molecule has 0 radical (unpaired) electrons. The zero-order valence-electron chi connectivity index (χ0n) is 12.2. The molecular formula is C17H16N4O. The maximum Gasteiger partial charge on any atom is 0.261 e. The second-order valence-corrected chi connectivity index (χ2v) is 4.99. The van der Waals surface area contributed by atoms with Crippen molar-refractivity contribution in [1.82, 2.24) is 15.2 Å². The number of aromatic nitrogens is 2. The van der Waals surface area contributed by atoms with Crippen LogP contribution in [0.4, 0.5) is 0 Å². The van der Waals surface area contributed by atoms with Gasteiger partial charge in [-0.15, -0.1) is 0 Å². The SMILES string of the molecule is Cc1ccnn1CC(=O)N/N=C\c1cccc2ccccc12. The van der Waals surface area contributed by atoms with Crippen LogP contribution in [0.3, 0.4) is 0 Å². The summed E-state index contributed by atoms with van der Waals surface area (Å²) in [6.07, 6.45) is 3.33. The lowest BCUT2D eigenvalue weighted by Crippen LogP contribution is -2.24. The first kappa shape index (κ1) is 14.0. The number of hydrogen-bond acceptors (Lipinski definition) is 3. The number of rotatable bonds is 4. The van der Waals surface area contributed by atoms with Gasteiger partial charge in [0.05, 0.1) is 6.21 Å². The fourth-order valence-corrected chi connectivity index (χ4v) is 2.27. The van der Waals surface area contributed by atoms with Gasteiger partial charge in [0.1, 0.15) is 6.54 Å². The third kappa shape index (κ3) is 3.03. The van der Waals surface area contributed by atoms with Gasteiger partial charge < -0.3 is 0 Å². The first-order valence-corrected chi connectivity index (χ1v) is 7.02. The Kier molecular flexibility index (Phi) is 3.96. The average Bonchev–Trinajstić information content (AvgIpc) is 2.93. The molecule has 0 atom stereocenters. The van der Waals surface area contributed by atoms with Gasteiger partial charge in [-0.1, -0.05) is 42.5 Å². The number of aryl methyl sites for hydroxylation is 1. The minimum atomic E-state index is -0.205. The van der Waals surface area contributed by atoms with Gasteiger partial charge in [-0.25, -0.2) is 5.43 Å². The molecule has 0 bridgehead atoms. The van der Waals surface area contributed by atoms with Crippen LogP contribution in [0.15, 0.2) is 59.8 Å². The van der Waals surface area contributed by atoms with Gasteiger partial charge >= 0.3 is 0 Å². The molecule has 1 heterocycles. The van der Waals surface area contributed by atoms with Crippen molar-refractivity contribution in [3.8, 4) is 0 Å². The Labute approximate surface area is 128 Å². The zero-order valence-corrected chi connectivity index (χ0v) is 12.2. The maximum atomic E-state index is 11.8. The monoisotopic (exact) mass is 292 g/mol. The molecule has 0 aliphatic carbocycles. The van der Waals surface area contributed by atoms with E-state index in [0.717, 1.165) is 22.0 Å². The van der Waals surface area contributed by atoms with Crippen LogP contribution in [0.25, 0.3) is 10.8 Å². The number of nitrogens with one attached hydrogen (secondary N) is 1. The third-order valence-electron chi connectivity index (χ3n) is 3.44. The van der Waals surface area contributed by atoms with Crippen LogP contribution in [0.1, 0.15) is 11.3 Å². The van der Waals surface area contributed by atoms with Gasteiger partial charge in [0, 0.05) is 17.5 Å². The van der Waals surface area contributed by atoms with E-state index in [4.69, 9.17) is 0 Å². The first-order valence-electron chi connectivity index (χ1n) is 7.02. The molecule has 110 valence electrons. The largest absolute Gasteiger partial charge is 0.271 e. The van der Waals surface area contributed by atoms with Crippen molar-refractivity contribution in [2.75, 3.05) is 0 Å². The third-order valence-corrected chi connectivity index (χ3v) is 3.44. The molecule has 0 aliphatic heterocycles. The van der Waals surface area contributed by atoms with Crippen LogP contribution < -0.4 is 5.43 Å². The highest BCUT2D eigenvalue weighted by atomic mass is 16.2. The maximum absolute atomic E-state index is 11.8. The highest BCUT2D eigenvalue weighted by Crippen LogP contribution is 2.16. The van der Waals surface area contributed by atoms with Crippen molar-refractivity contribution in [3.05, 3.63) is 66.0 Å². The van der Waals surface area contributed by atoms with Gasteiger partial charge in [0.25, 0.3) is 5.91 Å². The van der Waals surface area contributed by atoms with Gasteiger partial charge in [-0.2, -0.15) is 10.2 Å². The van der Waals surface area contributed by atoms with E-state index in [-0.39, 0.29) is 12.5 Å². The summed E-state index contributed by atoms with van der Waals surface area (Å²) >= 11 is 0. The molecular weight excluding hydrogens is 276 g/mol. The topological polar surface area (TPSA) is 59.3 Å². The van der Waals surface area contributed by atoms with Gasteiger partial charge in [0.15, 0.2) is 0 Å². The number of hydrazone groups is 1. The predicted molar refractivity (Wildman–Crippen MR) is 86.6 cm³/mol. The van der Waals surface area contributed by atoms with Crippen molar-refractivity contribution in [1.29, 1.82) is 0 Å². The van der Waals surface area contributed by atoms with E-state index in [9.17, 15) is 4.79 Å². The highest BCUT2D eigenvalue weighted by molar-refractivity contribution is 5.99. The number of benzene rings is 2. The van der Waals surface area contributed by atoms with E-state index in [2.05, 4.69) is 15.6 Å². The number of hydrogen-bond donors (Lipinski definition) is 1. The van der Waals surface area contributed by atoms with Crippen molar-refractivity contribution >= 4 is 22.9 Å². The number of fused-ring (bicyclic) bond motifs is 1. The summed E-state index contributed by atoms with van der Waals surface area (Å²) in [6.45, 7) is 2.06. The highest BCUT2D eigenvalue weighted by Gasteiger charge is 2.04. The quantitative estimate of drug-likeness (QED) is 0.593. The molecule has 0 saturated carbocycles. The molecule has 0 unspecified atom stereocenters. The summed E-state index contributed by atoms with van der Waals surface area (Å²) in [4.78, 5) is 11.8. The van der Waals surface area contributed by atoms with Crippen molar-refractivity contribution in [2.45, 2.75) is 13.5 Å². The standard InChI is InChI=1S/C17H16N4O/c1-13-9-10-19-21(13)12-17(22)20-18-11-15-7-4-6-14-5-2-3-8-16(14)15/h2-11H,12H2,1H3,(H,20,22)/b18-11-. The minimum Gasteiger partial charge on any atom is -0.271 e. The molecule has 1 amide bonds. The van der Waals surface area contributed by atoms with E-state index in [0.29, 0.717) is 0 Å². The Morgan fingerprint density at radius 2 is 2.05 bits per heavy atom. The van der Waals surface area contributed by atoms with Gasteiger partial charge in [-0.05, 0) is 23.8 Å². The Morgan fingerprint density at radius 3 is 2.86 bits per heavy atom. The van der Waals surface area contributed by atoms with Crippen LogP contribution in [0.2, 0.25) is 0 Å². The summed E-state index contributed by atoms with van der Waals surface area (Å²) < 4.78 is 1.63. The van der Waals surface area contributed by atoms with Crippen LogP contribution in [-0.2, 0) is 11.3 Å². The zero-order chi connectivity index (χ0) is 15.4. The molecule has 0 aliphatic rings. The fraction of sp³-hybridized carbons (Fsp3) is 0.118. The molecule has 1 N–H and O–H groups in total. The predicted octanol–water partition coefficient (Wildman–Crippen LogP) is 2.50. The summed E-state index contributed by atoms with van der Waals surface area (Å²) in [5, 5.41) is 10.3. The molecule has 0 fully saturated rings. The minimum absolute atomic E-state index is 0.158. The number of amides is 1. The molecule has 2 aromatic carbocycles. The van der Waals surface area contributed by atoms with Crippen LogP contribution in [0, 0.1) is 6.92 Å². The lowest BCUT2D eigenvalue weighted by atomic mass is 10.1. The molecule has 3 aromatic rings. The number of carbonyl (C=O) groups excluding carboxylic acids is 1. The summed E-state index contributed by atoms with van der Waals surface area (Å²) in [6, 6.07) is 15.9. The van der Waals surface area contributed by atoms with Gasteiger partial charge in [0.2, 0.25) is 0 Å². The molecule has 0 saturated heterocycles. The van der Waals surface area contributed by atoms with Crippen LogP contribution in [0.5, 0.6) is 0 Å². The fourth-order valence-electron chi connectivity index (χ4n) is 2.27. The normalized spacial score (nSPS) is 11.1. The molecule has 5 heteroatoms. The van der Waals surface area contributed by atoms with Crippen LogP contribution in [-0.4, -0.2) is 21.9 Å². The Bertz CT molecular complexity index is 830. The average molecular weight is 292 g/mol. The van der Waals surface area contributed by atoms with E-state index >= 15 is 0 Å². The Hall–Kier alpha value is -2.95. The Balaban J connectivity index is 1.69. The lowest BCUT2D eigenvalue weighted by Gasteiger charge is -2.03. The van der Waals surface area contributed by atoms with Crippen molar-refractivity contribution in [2.24, 2.45) is 5.10 Å². The summed E-state index contributed by atoms with van der Waals surface area (Å²) in [5.41, 5.74) is 4.44. The molecule has 5 nitrogen and oxygen atoms in total. The summed E-state index contributed by atoms with van der Waals surface area (Å²) in [7, 11) is 0.